The molecule has 3 nitrogen and oxygen atoms in total. The zero-order valence-corrected chi connectivity index (χ0v) is 7.48. The number of rotatable bonds is 2. The van der Waals surface area contributed by atoms with Crippen LogP contribution in [0.2, 0.25) is 0 Å². The first-order chi connectivity index (χ1) is 6.24. The number of nitrogen functional groups attached to an aromatic ring is 1. The number of aliphatic hydroxyl groups excluding tert-OH is 2. The van der Waals surface area contributed by atoms with E-state index in [1.807, 2.05) is 24.3 Å². The average Bonchev–Trinajstić information content (AvgIpc) is 2.19. The lowest BCUT2D eigenvalue weighted by atomic mass is 10.2. The molecule has 0 aliphatic heterocycles. The molecule has 0 amide bonds. The van der Waals surface area contributed by atoms with Gasteiger partial charge in [-0.25, -0.2) is 0 Å². The molecule has 0 aliphatic rings. The van der Waals surface area contributed by atoms with E-state index in [4.69, 9.17) is 15.9 Å². The third-order valence-corrected chi connectivity index (χ3v) is 1.27. The van der Waals surface area contributed by atoms with Crippen molar-refractivity contribution >= 4 is 11.8 Å². The lowest BCUT2D eigenvalue weighted by Crippen LogP contribution is -1.85. The van der Waals surface area contributed by atoms with Gasteiger partial charge >= 0.3 is 0 Å². The van der Waals surface area contributed by atoms with Gasteiger partial charge in [-0.05, 0) is 17.7 Å². The van der Waals surface area contributed by atoms with Crippen LogP contribution in [-0.2, 0) is 0 Å². The topological polar surface area (TPSA) is 66.5 Å². The van der Waals surface area contributed by atoms with E-state index < -0.39 is 0 Å². The number of anilines is 1. The second-order valence-corrected chi connectivity index (χ2v) is 2.32. The monoisotopic (exact) mass is 181 g/mol. The molecule has 0 saturated carbocycles. The molecule has 1 aromatic carbocycles. The number of nitrogens with two attached hydrogens (primary N) is 1. The van der Waals surface area contributed by atoms with E-state index in [9.17, 15) is 0 Å². The van der Waals surface area contributed by atoms with Crippen LogP contribution in [0.3, 0.4) is 0 Å². The molecule has 1 rings (SSSR count). The van der Waals surface area contributed by atoms with Crippen molar-refractivity contribution in [1.82, 2.24) is 0 Å². The van der Waals surface area contributed by atoms with Crippen molar-refractivity contribution in [1.29, 1.82) is 0 Å². The Morgan fingerprint density at radius 1 is 1.15 bits per heavy atom. The maximum atomic E-state index is 7.62. The van der Waals surface area contributed by atoms with Gasteiger partial charge in [0.25, 0.3) is 0 Å². The molecule has 0 aromatic heterocycles. The highest BCUT2D eigenvalue weighted by Crippen LogP contribution is 2.05. The molecule has 0 spiro atoms. The van der Waals surface area contributed by atoms with Gasteiger partial charge in [-0.1, -0.05) is 24.8 Å². The van der Waals surface area contributed by atoms with Gasteiger partial charge in [0.15, 0.2) is 0 Å². The summed E-state index contributed by atoms with van der Waals surface area (Å²) in [5, 5.41) is 15.2. The fourth-order valence-corrected chi connectivity index (χ4v) is 0.632. The maximum absolute atomic E-state index is 7.62. The Labute approximate surface area is 78.1 Å². The predicted molar refractivity (Wildman–Crippen MR) is 55.1 cm³/mol. The number of aliphatic hydroxyl groups is 2. The molecule has 1 aromatic rings. The molecule has 3 heteroatoms. The lowest BCUT2D eigenvalue weighted by Gasteiger charge is -1.91. The summed E-state index contributed by atoms with van der Waals surface area (Å²) in [6, 6.07) is 7.58. The molecule has 0 unspecified atom stereocenters. The largest absolute Gasteiger partial charge is 0.399 e. The van der Waals surface area contributed by atoms with Crippen molar-refractivity contribution in [2.45, 2.75) is 0 Å². The Balaban J connectivity index is 0.000000310. The van der Waals surface area contributed by atoms with Gasteiger partial charge in [0.1, 0.15) is 0 Å². The summed E-state index contributed by atoms with van der Waals surface area (Å²) < 4.78 is 0. The van der Waals surface area contributed by atoms with Crippen LogP contribution < -0.4 is 5.73 Å². The average molecular weight is 181 g/mol. The van der Waals surface area contributed by atoms with Gasteiger partial charge < -0.3 is 15.9 Å². The SMILES string of the molecule is C=Cc1ccc(N)cc1.OCCO. The Kier molecular flexibility index (Phi) is 6.59. The second kappa shape index (κ2) is 7.34. The lowest BCUT2D eigenvalue weighted by molar-refractivity contribution is 0.186. The first-order valence-corrected chi connectivity index (χ1v) is 3.94. The first-order valence-electron chi connectivity index (χ1n) is 3.94. The number of hydrogen-bond donors (Lipinski definition) is 3. The molecule has 72 valence electrons. The molecule has 0 bridgehead atoms. The number of benzene rings is 1. The van der Waals surface area contributed by atoms with Crippen molar-refractivity contribution in [3.8, 4) is 0 Å². The normalized spacial score (nSPS) is 8.46. The Bertz CT molecular complexity index is 229. The van der Waals surface area contributed by atoms with Crippen LogP contribution >= 0.6 is 0 Å². The minimum Gasteiger partial charge on any atom is -0.399 e. The summed E-state index contributed by atoms with van der Waals surface area (Å²) in [6.07, 6.45) is 1.79. The summed E-state index contributed by atoms with van der Waals surface area (Å²) >= 11 is 0. The smallest absolute Gasteiger partial charge is 0.0662 e. The first kappa shape index (κ1) is 11.7. The zero-order valence-electron chi connectivity index (χ0n) is 7.48. The number of hydrogen-bond acceptors (Lipinski definition) is 3. The van der Waals surface area contributed by atoms with Crippen molar-refractivity contribution in [2.75, 3.05) is 18.9 Å². The van der Waals surface area contributed by atoms with E-state index in [0.717, 1.165) is 11.3 Å². The van der Waals surface area contributed by atoms with Crippen LogP contribution in [0.25, 0.3) is 6.08 Å². The van der Waals surface area contributed by atoms with Crippen LogP contribution in [0, 0.1) is 0 Å². The summed E-state index contributed by atoms with van der Waals surface area (Å²) in [4.78, 5) is 0. The van der Waals surface area contributed by atoms with Crippen LogP contribution in [0.15, 0.2) is 30.8 Å². The highest BCUT2D eigenvalue weighted by atomic mass is 16.3. The van der Waals surface area contributed by atoms with E-state index in [-0.39, 0.29) is 13.2 Å². The van der Waals surface area contributed by atoms with E-state index in [1.54, 1.807) is 6.08 Å². The molecule has 0 radical (unpaired) electrons. The van der Waals surface area contributed by atoms with Crippen LogP contribution in [0.4, 0.5) is 5.69 Å². The molecule has 0 saturated heterocycles. The highest BCUT2D eigenvalue weighted by molar-refractivity contribution is 5.51. The molecule has 0 heterocycles. The zero-order chi connectivity index (χ0) is 10.1. The van der Waals surface area contributed by atoms with Crippen LogP contribution in [-0.4, -0.2) is 23.4 Å². The predicted octanol–water partition coefficient (Wildman–Crippen LogP) is 0.883. The van der Waals surface area contributed by atoms with Crippen molar-refractivity contribution in [3.05, 3.63) is 36.4 Å². The van der Waals surface area contributed by atoms with E-state index in [1.165, 1.54) is 0 Å². The Hall–Kier alpha value is -1.32. The van der Waals surface area contributed by atoms with Gasteiger partial charge in [0, 0.05) is 5.69 Å². The van der Waals surface area contributed by atoms with Gasteiger partial charge in [-0.15, -0.1) is 0 Å². The molecule has 0 fully saturated rings. The van der Waals surface area contributed by atoms with Crippen molar-refractivity contribution in [2.24, 2.45) is 0 Å². The van der Waals surface area contributed by atoms with Gasteiger partial charge in [0.05, 0.1) is 13.2 Å². The van der Waals surface area contributed by atoms with Crippen molar-refractivity contribution < 1.29 is 10.2 Å². The van der Waals surface area contributed by atoms with Crippen LogP contribution in [0.1, 0.15) is 5.56 Å². The minimum absolute atomic E-state index is 0.125. The van der Waals surface area contributed by atoms with E-state index >= 15 is 0 Å². The Morgan fingerprint density at radius 2 is 1.62 bits per heavy atom. The van der Waals surface area contributed by atoms with Gasteiger partial charge in [-0.2, -0.15) is 0 Å². The summed E-state index contributed by atoms with van der Waals surface area (Å²) in [7, 11) is 0. The Morgan fingerprint density at radius 3 is 1.92 bits per heavy atom. The fourth-order valence-electron chi connectivity index (χ4n) is 0.632. The second-order valence-electron chi connectivity index (χ2n) is 2.32. The standard InChI is InChI=1S/C8H9N.C2H6O2/c1-2-7-3-5-8(9)6-4-7;3-1-2-4/h2-6H,1,9H2;3-4H,1-2H2. The highest BCUT2D eigenvalue weighted by Gasteiger charge is 1.82. The molecule has 0 aliphatic carbocycles. The van der Waals surface area contributed by atoms with E-state index in [0.29, 0.717) is 0 Å². The maximum Gasteiger partial charge on any atom is 0.0662 e. The van der Waals surface area contributed by atoms with Gasteiger partial charge in [-0.3, -0.25) is 0 Å². The van der Waals surface area contributed by atoms with Crippen LogP contribution in [0.5, 0.6) is 0 Å². The minimum atomic E-state index is -0.125. The summed E-state index contributed by atoms with van der Waals surface area (Å²) in [5.74, 6) is 0. The molecular weight excluding hydrogens is 166 g/mol. The van der Waals surface area contributed by atoms with Gasteiger partial charge in [0.2, 0.25) is 0 Å². The summed E-state index contributed by atoms with van der Waals surface area (Å²) in [5.41, 5.74) is 7.34. The quantitative estimate of drug-likeness (QED) is 0.593. The molecule has 4 N–H and O–H groups in total. The molecular formula is C10H15NO2. The molecule has 0 atom stereocenters. The summed E-state index contributed by atoms with van der Waals surface area (Å²) in [6.45, 7) is 3.37. The molecule has 13 heavy (non-hydrogen) atoms. The third-order valence-electron chi connectivity index (χ3n) is 1.27. The third kappa shape index (κ3) is 5.90. The van der Waals surface area contributed by atoms with Crippen molar-refractivity contribution in [3.63, 3.8) is 0 Å². The van der Waals surface area contributed by atoms with E-state index in [2.05, 4.69) is 6.58 Å². The fraction of sp³-hybridized carbons (Fsp3) is 0.200.